The van der Waals surface area contributed by atoms with Crippen molar-refractivity contribution in [1.29, 1.82) is 0 Å². The van der Waals surface area contributed by atoms with Crippen molar-refractivity contribution >= 4 is 5.91 Å². The lowest BCUT2D eigenvalue weighted by Gasteiger charge is -2.36. The van der Waals surface area contributed by atoms with E-state index >= 15 is 0 Å². The number of morpholine rings is 1. The minimum absolute atomic E-state index is 0.155. The molecule has 2 aliphatic rings. The smallest absolute Gasteiger partial charge is 0.234 e. The predicted octanol–water partition coefficient (Wildman–Crippen LogP) is 1.88. The molecule has 0 bridgehead atoms. The fourth-order valence-electron chi connectivity index (χ4n) is 3.97. The highest BCUT2D eigenvalue weighted by Crippen LogP contribution is 2.14. The van der Waals surface area contributed by atoms with Crippen molar-refractivity contribution in [2.45, 2.75) is 51.5 Å². The summed E-state index contributed by atoms with van der Waals surface area (Å²) in [6.07, 6.45) is 2.48. The number of piperidine rings is 1. The summed E-state index contributed by atoms with van der Waals surface area (Å²) in [5.74, 6) is 0.155. The van der Waals surface area contributed by atoms with Crippen LogP contribution >= 0.6 is 0 Å². The number of nitrogens with zero attached hydrogens (tertiary/aromatic N) is 2. The summed E-state index contributed by atoms with van der Waals surface area (Å²) in [6.45, 7) is 9.41. The van der Waals surface area contributed by atoms with Gasteiger partial charge in [0.25, 0.3) is 0 Å². The Morgan fingerprint density at radius 2 is 1.72 bits per heavy atom. The van der Waals surface area contributed by atoms with Crippen LogP contribution in [0.25, 0.3) is 0 Å². The third kappa shape index (κ3) is 5.80. The van der Waals surface area contributed by atoms with Crippen LogP contribution in [0.15, 0.2) is 30.3 Å². The van der Waals surface area contributed by atoms with Crippen molar-refractivity contribution in [2.75, 3.05) is 32.7 Å². The standard InChI is InChI=1S/C20H31N3O2/c1-16-12-23(13-17(2)25-16)15-20(24)21-19-8-10-22(11-9-19)14-18-6-4-3-5-7-18/h3-7,16-17,19H,8-15H2,1-2H3,(H,21,24)/t16-,17+. The lowest BCUT2D eigenvalue weighted by Crippen LogP contribution is -2.51. The molecular formula is C20H31N3O2. The van der Waals surface area contributed by atoms with Gasteiger partial charge >= 0.3 is 0 Å². The number of nitrogens with one attached hydrogen (secondary N) is 1. The Morgan fingerprint density at radius 3 is 2.36 bits per heavy atom. The van der Waals surface area contributed by atoms with Crippen LogP contribution in [0.5, 0.6) is 0 Å². The molecule has 0 aromatic heterocycles. The minimum atomic E-state index is 0.155. The molecule has 5 heteroatoms. The molecule has 0 aliphatic carbocycles. The van der Waals surface area contributed by atoms with Crippen LogP contribution in [-0.2, 0) is 16.1 Å². The lowest BCUT2D eigenvalue weighted by atomic mass is 10.0. The average Bonchev–Trinajstić information content (AvgIpc) is 2.56. The molecule has 1 amide bonds. The molecule has 0 radical (unpaired) electrons. The number of hydrogen-bond donors (Lipinski definition) is 1. The molecule has 2 heterocycles. The van der Waals surface area contributed by atoms with Crippen LogP contribution in [0.3, 0.4) is 0 Å². The van der Waals surface area contributed by atoms with Crippen LogP contribution in [0, 0.1) is 0 Å². The van der Waals surface area contributed by atoms with Crippen molar-refractivity contribution in [3.8, 4) is 0 Å². The molecule has 5 nitrogen and oxygen atoms in total. The Morgan fingerprint density at radius 1 is 1.08 bits per heavy atom. The molecule has 3 rings (SSSR count). The van der Waals surface area contributed by atoms with E-state index in [1.165, 1.54) is 5.56 Å². The highest BCUT2D eigenvalue weighted by atomic mass is 16.5. The van der Waals surface area contributed by atoms with Gasteiger partial charge in [-0.3, -0.25) is 14.6 Å². The SMILES string of the molecule is C[C@@H]1CN(CC(=O)NC2CCN(Cc3ccccc3)CC2)C[C@H](C)O1. The zero-order valence-electron chi connectivity index (χ0n) is 15.5. The Labute approximate surface area is 151 Å². The molecule has 2 saturated heterocycles. The quantitative estimate of drug-likeness (QED) is 0.885. The maximum atomic E-state index is 12.4. The number of rotatable bonds is 5. The first-order valence-corrected chi connectivity index (χ1v) is 9.52. The summed E-state index contributed by atoms with van der Waals surface area (Å²) < 4.78 is 5.73. The second kappa shape index (κ2) is 8.79. The first-order valence-electron chi connectivity index (χ1n) is 9.52. The monoisotopic (exact) mass is 345 g/mol. The molecule has 25 heavy (non-hydrogen) atoms. The summed E-state index contributed by atoms with van der Waals surface area (Å²) >= 11 is 0. The average molecular weight is 345 g/mol. The van der Waals surface area contributed by atoms with Crippen molar-refractivity contribution < 1.29 is 9.53 Å². The minimum Gasteiger partial charge on any atom is -0.373 e. The molecule has 2 atom stereocenters. The zero-order chi connectivity index (χ0) is 17.6. The predicted molar refractivity (Wildman–Crippen MR) is 99.3 cm³/mol. The van der Waals surface area contributed by atoms with Crippen LogP contribution < -0.4 is 5.32 Å². The van der Waals surface area contributed by atoms with E-state index in [0.29, 0.717) is 12.6 Å². The molecule has 0 saturated carbocycles. The van der Waals surface area contributed by atoms with Crippen molar-refractivity contribution in [1.82, 2.24) is 15.1 Å². The van der Waals surface area contributed by atoms with Gasteiger partial charge in [0.1, 0.15) is 0 Å². The lowest BCUT2D eigenvalue weighted by molar-refractivity contribution is -0.127. The molecular weight excluding hydrogens is 314 g/mol. The molecule has 1 aromatic rings. The van der Waals surface area contributed by atoms with Crippen molar-refractivity contribution in [2.24, 2.45) is 0 Å². The number of carbonyl (C=O) groups excluding carboxylic acids is 1. The summed E-state index contributed by atoms with van der Waals surface area (Å²) in [5, 5.41) is 3.23. The van der Waals surface area contributed by atoms with Gasteiger partial charge in [-0.25, -0.2) is 0 Å². The third-order valence-corrected chi connectivity index (χ3v) is 5.06. The topological polar surface area (TPSA) is 44.8 Å². The second-order valence-electron chi connectivity index (χ2n) is 7.55. The van der Waals surface area contributed by atoms with E-state index in [1.807, 2.05) is 0 Å². The van der Waals surface area contributed by atoms with E-state index in [2.05, 4.69) is 59.3 Å². The van der Waals surface area contributed by atoms with Crippen LogP contribution in [-0.4, -0.2) is 66.7 Å². The molecule has 2 aliphatic heterocycles. The van der Waals surface area contributed by atoms with Gasteiger partial charge in [0, 0.05) is 38.8 Å². The summed E-state index contributed by atoms with van der Waals surface area (Å²) in [7, 11) is 0. The molecule has 138 valence electrons. The van der Waals surface area contributed by atoms with Crippen LogP contribution in [0.4, 0.5) is 0 Å². The van der Waals surface area contributed by atoms with E-state index in [0.717, 1.165) is 45.6 Å². The Bertz CT molecular complexity index is 533. The van der Waals surface area contributed by atoms with Gasteiger partial charge in [-0.1, -0.05) is 30.3 Å². The number of hydrogen-bond acceptors (Lipinski definition) is 4. The molecule has 0 spiro atoms. The van der Waals surface area contributed by atoms with Gasteiger partial charge in [0.05, 0.1) is 18.8 Å². The number of ether oxygens (including phenoxy) is 1. The van der Waals surface area contributed by atoms with Gasteiger partial charge in [0.2, 0.25) is 5.91 Å². The number of carbonyl (C=O) groups is 1. The largest absolute Gasteiger partial charge is 0.373 e. The van der Waals surface area contributed by atoms with Gasteiger partial charge in [-0.05, 0) is 32.3 Å². The van der Waals surface area contributed by atoms with Gasteiger partial charge in [0.15, 0.2) is 0 Å². The zero-order valence-corrected chi connectivity index (χ0v) is 15.5. The Kier molecular flexibility index (Phi) is 6.45. The van der Waals surface area contributed by atoms with E-state index in [4.69, 9.17) is 4.74 Å². The number of likely N-dealkylation sites (tertiary alicyclic amines) is 1. The van der Waals surface area contributed by atoms with Crippen molar-refractivity contribution in [3.63, 3.8) is 0 Å². The fraction of sp³-hybridized carbons (Fsp3) is 0.650. The van der Waals surface area contributed by atoms with Crippen LogP contribution in [0.1, 0.15) is 32.3 Å². The summed E-state index contributed by atoms with van der Waals surface area (Å²) in [4.78, 5) is 17.0. The fourth-order valence-corrected chi connectivity index (χ4v) is 3.97. The molecule has 2 fully saturated rings. The van der Waals surface area contributed by atoms with E-state index in [1.54, 1.807) is 0 Å². The molecule has 1 N–H and O–H groups in total. The van der Waals surface area contributed by atoms with E-state index in [-0.39, 0.29) is 18.1 Å². The molecule has 1 aromatic carbocycles. The second-order valence-corrected chi connectivity index (χ2v) is 7.55. The first-order chi connectivity index (χ1) is 12.1. The number of benzene rings is 1. The third-order valence-electron chi connectivity index (χ3n) is 5.06. The maximum absolute atomic E-state index is 12.4. The summed E-state index contributed by atoms with van der Waals surface area (Å²) in [6, 6.07) is 10.9. The number of amides is 1. The Balaban J connectivity index is 1.37. The first kappa shape index (κ1) is 18.4. The van der Waals surface area contributed by atoms with E-state index < -0.39 is 0 Å². The van der Waals surface area contributed by atoms with Gasteiger partial charge in [-0.15, -0.1) is 0 Å². The normalized spacial score (nSPS) is 26.5. The molecule has 0 unspecified atom stereocenters. The Hall–Kier alpha value is -1.43. The maximum Gasteiger partial charge on any atom is 0.234 e. The van der Waals surface area contributed by atoms with Gasteiger partial charge in [-0.2, -0.15) is 0 Å². The highest BCUT2D eigenvalue weighted by Gasteiger charge is 2.25. The van der Waals surface area contributed by atoms with E-state index in [9.17, 15) is 4.79 Å². The highest BCUT2D eigenvalue weighted by molar-refractivity contribution is 5.78. The van der Waals surface area contributed by atoms with Crippen molar-refractivity contribution in [3.05, 3.63) is 35.9 Å². The van der Waals surface area contributed by atoms with Crippen LogP contribution in [0.2, 0.25) is 0 Å². The van der Waals surface area contributed by atoms with Gasteiger partial charge < -0.3 is 10.1 Å². The summed E-state index contributed by atoms with van der Waals surface area (Å²) in [5.41, 5.74) is 1.36.